The van der Waals surface area contributed by atoms with Gasteiger partial charge in [-0.15, -0.1) is 0 Å². The lowest BCUT2D eigenvalue weighted by Gasteiger charge is -2.44. The number of fused-ring (bicyclic) bond motifs is 2. The van der Waals surface area contributed by atoms with Crippen LogP contribution in [0.1, 0.15) is 32.1 Å². The minimum Gasteiger partial charge on any atom is -0.491 e. The number of carbonyl (C=O) groups excluding carboxylic acids is 1. The number of hydrogen-bond donors (Lipinski definition) is 1. The average molecular weight is 438 g/mol. The molecule has 2 aromatic rings. The summed E-state index contributed by atoms with van der Waals surface area (Å²) in [5.41, 5.74) is 2.86. The Bertz CT molecular complexity index is 950. The maximum Gasteiger partial charge on any atom is 0.224 e. The zero-order valence-corrected chi connectivity index (χ0v) is 19.3. The summed E-state index contributed by atoms with van der Waals surface area (Å²) < 4.78 is 8.05. The van der Waals surface area contributed by atoms with Crippen molar-refractivity contribution in [2.24, 2.45) is 18.9 Å². The molecule has 2 fully saturated rings. The molecule has 1 N–H and O–H groups in total. The predicted octanol–water partition coefficient (Wildman–Crippen LogP) is 3.23. The molecule has 2 saturated heterocycles. The molecular weight excluding hydrogens is 402 g/mol. The molecule has 172 valence electrons. The van der Waals surface area contributed by atoms with E-state index >= 15 is 0 Å². The molecule has 5 rings (SSSR count). The summed E-state index contributed by atoms with van der Waals surface area (Å²) in [5.74, 6) is 1.81. The van der Waals surface area contributed by atoms with E-state index in [-0.39, 0.29) is 5.91 Å². The van der Waals surface area contributed by atoms with Gasteiger partial charge in [-0.3, -0.25) is 14.4 Å². The van der Waals surface area contributed by atoms with E-state index in [1.54, 1.807) is 4.68 Å². The number of nitrogens with one attached hydrogen (secondary N) is 1. The Morgan fingerprint density at radius 1 is 1.03 bits per heavy atom. The van der Waals surface area contributed by atoms with Crippen molar-refractivity contribution in [1.29, 1.82) is 0 Å². The normalized spacial score (nSPS) is 26.0. The Labute approximate surface area is 190 Å². The van der Waals surface area contributed by atoms with Gasteiger partial charge in [-0.1, -0.05) is 6.07 Å². The quantitative estimate of drug-likeness (QED) is 0.782. The number of nitrogens with zero attached hydrogens (tertiary/aromatic N) is 4. The van der Waals surface area contributed by atoms with Crippen molar-refractivity contribution in [3.8, 4) is 16.9 Å². The summed E-state index contributed by atoms with van der Waals surface area (Å²) in [6.45, 7) is 5.28. The number of piperidine rings is 2. The third-order valence-electron chi connectivity index (χ3n) is 7.61. The van der Waals surface area contributed by atoms with Crippen LogP contribution in [0.3, 0.4) is 0 Å². The van der Waals surface area contributed by atoms with Crippen LogP contribution < -0.4 is 10.1 Å². The summed E-state index contributed by atoms with van der Waals surface area (Å²) in [6.07, 6.45) is 9.07. The van der Waals surface area contributed by atoms with Gasteiger partial charge in [0.15, 0.2) is 0 Å². The molecule has 0 saturated carbocycles. The van der Waals surface area contributed by atoms with Crippen LogP contribution >= 0.6 is 0 Å². The Hall–Kier alpha value is -2.38. The van der Waals surface area contributed by atoms with Gasteiger partial charge in [0, 0.05) is 37.8 Å². The molecule has 1 amide bonds. The fraction of sp³-hybridized carbons (Fsp3) is 0.600. The summed E-state index contributed by atoms with van der Waals surface area (Å²) in [7, 11) is 4.13. The fourth-order valence-electron chi connectivity index (χ4n) is 5.65. The minimum absolute atomic E-state index is 0.105. The number of ether oxygens (including phenoxy) is 1. The summed E-state index contributed by atoms with van der Waals surface area (Å²) >= 11 is 0. The highest BCUT2D eigenvalue weighted by molar-refractivity contribution is 5.93. The van der Waals surface area contributed by atoms with Crippen LogP contribution in [0.15, 0.2) is 30.6 Å². The minimum atomic E-state index is 0.105. The number of aromatic nitrogens is 2. The molecule has 4 heterocycles. The second-order valence-corrected chi connectivity index (χ2v) is 9.84. The van der Waals surface area contributed by atoms with Crippen LogP contribution in [0.25, 0.3) is 11.1 Å². The van der Waals surface area contributed by atoms with E-state index in [0.29, 0.717) is 30.9 Å². The number of anilines is 1. The first-order valence-corrected chi connectivity index (χ1v) is 12.0. The first-order valence-electron chi connectivity index (χ1n) is 12.0. The van der Waals surface area contributed by atoms with Gasteiger partial charge in [0.2, 0.25) is 5.91 Å². The molecule has 3 aliphatic rings. The van der Waals surface area contributed by atoms with Crippen molar-refractivity contribution >= 4 is 11.6 Å². The molecule has 0 unspecified atom stereocenters. The van der Waals surface area contributed by atoms with Crippen LogP contribution in [0.4, 0.5) is 5.69 Å². The lowest BCUT2D eigenvalue weighted by atomic mass is 9.80. The third kappa shape index (κ3) is 4.69. The van der Waals surface area contributed by atoms with Gasteiger partial charge in [0.1, 0.15) is 5.75 Å². The smallest absolute Gasteiger partial charge is 0.224 e. The van der Waals surface area contributed by atoms with Crippen molar-refractivity contribution in [3.05, 3.63) is 30.6 Å². The van der Waals surface area contributed by atoms with Crippen LogP contribution in [0.2, 0.25) is 0 Å². The lowest BCUT2D eigenvalue weighted by molar-refractivity contribution is -0.118. The van der Waals surface area contributed by atoms with Crippen molar-refractivity contribution < 1.29 is 9.53 Å². The maximum absolute atomic E-state index is 12.9. The molecule has 2 atom stereocenters. The topological polar surface area (TPSA) is 62.6 Å². The molecule has 7 heteroatoms. The van der Waals surface area contributed by atoms with E-state index in [2.05, 4.69) is 27.3 Å². The van der Waals surface area contributed by atoms with E-state index in [1.807, 2.05) is 37.6 Å². The van der Waals surface area contributed by atoms with Gasteiger partial charge < -0.3 is 15.0 Å². The van der Waals surface area contributed by atoms with Crippen LogP contribution in [0, 0.1) is 11.8 Å². The van der Waals surface area contributed by atoms with Gasteiger partial charge in [0.05, 0.1) is 18.5 Å². The molecular formula is C25H35N5O2. The molecule has 3 aliphatic heterocycles. The van der Waals surface area contributed by atoms with E-state index in [9.17, 15) is 4.79 Å². The number of hydrogen-bond acceptors (Lipinski definition) is 5. The largest absolute Gasteiger partial charge is 0.491 e. The first kappa shape index (κ1) is 21.5. The highest BCUT2D eigenvalue weighted by Gasteiger charge is 2.35. The maximum atomic E-state index is 12.9. The Balaban J connectivity index is 1.30. The Morgan fingerprint density at radius 2 is 1.88 bits per heavy atom. The van der Waals surface area contributed by atoms with E-state index < -0.39 is 0 Å². The second-order valence-electron chi connectivity index (χ2n) is 9.84. The standard InChI is InChI=1S/C25H35N5O2/c1-28-9-6-22(7-10-28)30-11-5-19-14-25(31)27-23-4-3-18(21-15-26-29(2)16-21)13-24(23)32-12-8-20(19)17-30/h3-4,13,15-16,19-20,22H,5-12,14,17H2,1-2H3,(H,27,31)/t19-,20-/m0/s1. The van der Waals surface area contributed by atoms with Gasteiger partial charge >= 0.3 is 0 Å². The Morgan fingerprint density at radius 3 is 2.66 bits per heavy atom. The van der Waals surface area contributed by atoms with E-state index in [4.69, 9.17) is 4.74 Å². The molecule has 0 radical (unpaired) electrons. The third-order valence-corrected chi connectivity index (χ3v) is 7.61. The summed E-state index contributed by atoms with van der Waals surface area (Å²) in [6, 6.07) is 6.70. The number of carbonyl (C=O) groups is 1. The molecule has 7 nitrogen and oxygen atoms in total. The van der Waals surface area contributed by atoms with E-state index in [0.717, 1.165) is 48.5 Å². The van der Waals surface area contributed by atoms with Gasteiger partial charge in [-0.2, -0.15) is 5.10 Å². The average Bonchev–Trinajstić information content (AvgIpc) is 3.22. The highest BCUT2D eigenvalue weighted by atomic mass is 16.5. The van der Waals surface area contributed by atoms with Gasteiger partial charge in [0.25, 0.3) is 0 Å². The van der Waals surface area contributed by atoms with Crippen LogP contribution in [-0.4, -0.2) is 71.4 Å². The van der Waals surface area contributed by atoms with Crippen molar-refractivity contribution in [1.82, 2.24) is 19.6 Å². The zero-order chi connectivity index (χ0) is 22.1. The number of benzene rings is 1. The van der Waals surface area contributed by atoms with Crippen LogP contribution in [-0.2, 0) is 11.8 Å². The monoisotopic (exact) mass is 437 g/mol. The molecule has 1 aromatic heterocycles. The molecule has 0 spiro atoms. The van der Waals surface area contributed by atoms with Gasteiger partial charge in [-0.25, -0.2) is 0 Å². The number of likely N-dealkylation sites (tertiary alicyclic amines) is 2. The lowest BCUT2D eigenvalue weighted by Crippen LogP contribution is -2.50. The van der Waals surface area contributed by atoms with Crippen molar-refractivity contribution in [2.45, 2.75) is 38.1 Å². The molecule has 0 bridgehead atoms. The molecule has 1 aromatic carbocycles. The number of aryl methyl sites for hydroxylation is 1. The highest BCUT2D eigenvalue weighted by Crippen LogP contribution is 2.36. The van der Waals surface area contributed by atoms with Crippen molar-refractivity contribution in [2.75, 3.05) is 45.2 Å². The first-order chi connectivity index (χ1) is 15.5. The molecule has 0 aliphatic carbocycles. The van der Waals surface area contributed by atoms with E-state index in [1.165, 1.54) is 25.9 Å². The number of rotatable bonds is 2. The van der Waals surface area contributed by atoms with Crippen molar-refractivity contribution in [3.63, 3.8) is 0 Å². The summed E-state index contributed by atoms with van der Waals surface area (Å²) in [5, 5.41) is 7.39. The van der Waals surface area contributed by atoms with Crippen LogP contribution in [0.5, 0.6) is 5.75 Å². The SMILES string of the molecule is CN1CCC(N2CC[C@H]3CC(=O)Nc4ccc(-c5cnn(C)c5)cc4OCC[C@H]3C2)CC1. The number of amides is 1. The predicted molar refractivity (Wildman–Crippen MR) is 126 cm³/mol. The summed E-state index contributed by atoms with van der Waals surface area (Å²) in [4.78, 5) is 18.0. The zero-order valence-electron chi connectivity index (χ0n) is 19.3. The second kappa shape index (κ2) is 9.24. The molecule has 32 heavy (non-hydrogen) atoms. The van der Waals surface area contributed by atoms with Gasteiger partial charge in [-0.05, 0) is 81.9 Å². The fourth-order valence-corrected chi connectivity index (χ4v) is 5.65. The Kier molecular flexibility index (Phi) is 6.20.